The maximum Gasteiger partial charge on any atom is 0.342 e. The predicted octanol–water partition coefficient (Wildman–Crippen LogP) is 4.00. The van der Waals surface area contributed by atoms with Crippen LogP contribution in [0.1, 0.15) is 15.9 Å². The molecule has 2 rings (SSSR count). The molecule has 4 nitrogen and oxygen atoms in total. The van der Waals surface area contributed by atoms with Crippen molar-refractivity contribution < 1.29 is 18.7 Å². The molecule has 2 aromatic carbocycles. The highest BCUT2D eigenvalue weighted by atomic mass is 79.9. The number of carbonyl (C=O) groups excluding carboxylic acids is 1. The highest BCUT2D eigenvalue weighted by Gasteiger charge is 2.18. The van der Waals surface area contributed by atoms with Crippen molar-refractivity contribution in [3.05, 3.63) is 57.8 Å². The van der Waals surface area contributed by atoms with Crippen molar-refractivity contribution in [3.8, 4) is 5.75 Å². The van der Waals surface area contributed by atoms with Gasteiger partial charge in [0.25, 0.3) is 0 Å². The number of ether oxygens (including phenoxy) is 2. The number of halogens is 2. The molecule has 0 fully saturated rings. The van der Waals surface area contributed by atoms with Gasteiger partial charge in [-0.15, -0.1) is 0 Å². The van der Waals surface area contributed by atoms with E-state index < -0.39 is 11.8 Å². The topological polar surface area (TPSA) is 47.6 Å². The number of nitrogens with one attached hydrogen (secondary N) is 1. The zero-order chi connectivity index (χ0) is 16.1. The minimum Gasteiger partial charge on any atom is -0.497 e. The van der Waals surface area contributed by atoms with Crippen LogP contribution in [-0.2, 0) is 11.3 Å². The molecule has 2 aromatic rings. The van der Waals surface area contributed by atoms with E-state index in [-0.39, 0.29) is 5.56 Å². The number of benzene rings is 2. The fourth-order valence-corrected chi connectivity index (χ4v) is 2.39. The lowest BCUT2D eigenvalue weighted by atomic mass is 10.1. The smallest absolute Gasteiger partial charge is 0.342 e. The molecule has 0 radical (unpaired) electrons. The van der Waals surface area contributed by atoms with E-state index in [2.05, 4.69) is 26.0 Å². The van der Waals surface area contributed by atoms with E-state index >= 15 is 0 Å². The summed E-state index contributed by atoms with van der Waals surface area (Å²) in [6.45, 7) is 0.434. The van der Waals surface area contributed by atoms with E-state index in [4.69, 9.17) is 4.74 Å². The number of esters is 1. The third kappa shape index (κ3) is 3.76. The first-order chi connectivity index (χ1) is 10.5. The molecule has 0 bridgehead atoms. The monoisotopic (exact) mass is 367 g/mol. The summed E-state index contributed by atoms with van der Waals surface area (Å²) in [5.74, 6) is -0.604. The molecule has 0 saturated heterocycles. The molecule has 0 aliphatic carbocycles. The molecule has 0 spiro atoms. The van der Waals surface area contributed by atoms with Gasteiger partial charge in [0, 0.05) is 11.0 Å². The van der Waals surface area contributed by atoms with Crippen molar-refractivity contribution in [2.45, 2.75) is 6.54 Å². The molecule has 0 atom stereocenters. The van der Waals surface area contributed by atoms with Crippen molar-refractivity contribution in [1.82, 2.24) is 0 Å². The number of anilines is 1. The van der Waals surface area contributed by atoms with Gasteiger partial charge in [-0.2, -0.15) is 0 Å². The lowest BCUT2D eigenvalue weighted by Gasteiger charge is -2.12. The van der Waals surface area contributed by atoms with Crippen LogP contribution in [-0.4, -0.2) is 20.2 Å². The molecule has 0 aliphatic heterocycles. The molecule has 0 aliphatic rings. The first-order valence-corrected chi connectivity index (χ1v) is 7.28. The molecule has 0 amide bonds. The van der Waals surface area contributed by atoms with Gasteiger partial charge in [0.05, 0.1) is 19.9 Å². The number of hydrogen-bond donors (Lipinski definition) is 1. The van der Waals surface area contributed by atoms with E-state index in [0.717, 1.165) is 11.3 Å². The first kappa shape index (κ1) is 16.3. The Bertz CT molecular complexity index is 674. The van der Waals surface area contributed by atoms with Crippen molar-refractivity contribution in [2.24, 2.45) is 0 Å². The van der Waals surface area contributed by atoms with Gasteiger partial charge < -0.3 is 14.8 Å². The zero-order valence-corrected chi connectivity index (χ0v) is 13.7. The highest BCUT2D eigenvalue weighted by molar-refractivity contribution is 9.10. The second kappa shape index (κ2) is 7.26. The van der Waals surface area contributed by atoms with Crippen molar-refractivity contribution >= 4 is 27.6 Å². The van der Waals surface area contributed by atoms with E-state index in [0.29, 0.717) is 16.7 Å². The normalized spacial score (nSPS) is 10.2. The van der Waals surface area contributed by atoms with Crippen LogP contribution in [0, 0.1) is 5.82 Å². The maximum atomic E-state index is 14.0. The summed E-state index contributed by atoms with van der Waals surface area (Å²) >= 11 is 3.21. The average molecular weight is 368 g/mol. The Balaban J connectivity index is 2.22. The van der Waals surface area contributed by atoms with Crippen LogP contribution in [0.2, 0.25) is 0 Å². The fraction of sp³-hybridized carbons (Fsp3) is 0.188. The van der Waals surface area contributed by atoms with Crippen LogP contribution in [0.15, 0.2) is 40.9 Å². The molecular weight excluding hydrogens is 353 g/mol. The zero-order valence-electron chi connectivity index (χ0n) is 12.2. The molecule has 0 heterocycles. The largest absolute Gasteiger partial charge is 0.497 e. The van der Waals surface area contributed by atoms with Crippen molar-refractivity contribution in [3.63, 3.8) is 0 Å². The molecular formula is C16H15BrFNO3. The molecule has 0 unspecified atom stereocenters. The van der Waals surface area contributed by atoms with E-state index in [1.807, 2.05) is 24.3 Å². The van der Waals surface area contributed by atoms with Gasteiger partial charge in [-0.1, -0.05) is 28.1 Å². The van der Waals surface area contributed by atoms with Crippen LogP contribution in [0.5, 0.6) is 5.75 Å². The summed E-state index contributed by atoms with van der Waals surface area (Å²) in [5, 5.41) is 3.05. The Labute approximate surface area is 136 Å². The summed E-state index contributed by atoms with van der Waals surface area (Å²) < 4.78 is 24.2. The van der Waals surface area contributed by atoms with Gasteiger partial charge in [-0.3, -0.25) is 0 Å². The van der Waals surface area contributed by atoms with Crippen LogP contribution < -0.4 is 10.1 Å². The summed E-state index contributed by atoms with van der Waals surface area (Å²) in [7, 11) is 2.82. The van der Waals surface area contributed by atoms with E-state index in [9.17, 15) is 9.18 Å². The van der Waals surface area contributed by atoms with Gasteiger partial charge in [0.1, 0.15) is 17.1 Å². The Hall–Kier alpha value is -2.08. The number of hydrogen-bond acceptors (Lipinski definition) is 4. The van der Waals surface area contributed by atoms with Gasteiger partial charge >= 0.3 is 5.97 Å². The van der Waals surface area contributed by atoms with Crippen LogP contribution in [0.4, 0.5) is 10.1 Å². The van der Waals surface area contributed by atoms with Crippen LogP contribution >= 0.6 is 15.9 Å². The fourth-order valence-electron chi connectivity index (χ4n) is 1.96. The Morgan fingerprint density at radius 2 is 1.91 bits per heavy atom. The highest BCUT2D eigenvalue weighted by Crippen LogP contribution is 2.26. The first-order valence-electron chi connectivity index (χ1n) is 6.49. The molecule has 6 heteroatoms. The Morgan fingerprint density at radius 1 is 1.23 bits per heavy atom. The van der Waals surface area contributed by atoms with Crippen LogP contribution in [0.25, 0.3) is 0 Å². The number of rotatable bonds is 5. The number of methoxy groups -OCH3 is 2. The summed E-state index contributed by atoms with van der Waals surface area (Å²) in [6, 6.07) is 10.3. The third-order valence-electron chi connectivity index (χ3n) is 3.09. The summed E-state index contributed by atoms with van der Waals surface area (Å²) in [5.41, 5.74) is 1.23. The van der Waals surface area contributed by atoms with Gasteiger partial charge in [-0.25, -0.2) is 9.18 Å². The minimum atomic E-state index is -0.720. The minimum absolute atomic E-state index is 0.112. The van der Waals surface area contributed by atoms with Crippen LogP contribution in [0.3, 0.4) is 0 Å². The standard InChI is InChI=1S/C16H15BrFNO3/c1-21-12-5-3-10(4-6-12)9-19-14-8-11(17)7-13(18)15(14)16(20)22-2/h3-8,19H,9H2,1-2H3. The van der Waals surface area contributed by atoms with E-state index in [1.165, 1.54) is 13.2 Å². The third-order valence-corrected chi connectivity index (χ3v) is 3.54. The Morgan fingerprint density at radius 3 is 2.50 bits per heavy atom. The predicted molar refractivity (Wildman–Crippen MR) is 85.8 cm³/mol. The molecule has 1 N–H and O–H groups in total. The average Bonchev–Trinajstić information content (AvgIpc) is 2.52. The van der Waals surface area contributed by atoms with Gasteiger partial charge in [0.15, 0.2) is 0 Å². The maximum absolute atomic E-state index is 14.0. The Kier molecular flexibility index (Phi) is 5.38. The molecule has 0 aromatic heterocycles. The SMILES string of the molecule is COC(=O)c1c(F)cc(Br)cc1NCc1ccc(OC)cc1. The number of carbonyl (C=O) groups is 1. The summed E-state index contributed by atoms with van der Waals surface area (Å²) in [6.07, 6.45) is 0. The second-order valence-electron chi connectivity index (χ2n) is 4.50. The second-order valence-corrected chi connectivity index (χ2v) is 5.42. The van der Waals surface area contributed by atoms with Gasteiger partial charge in [0.2, 0.25) is 0 Å². The summed E-state index contributed by atoms with van der Waals surface area (Å²) in [4.78, 5) is 11.7. The lowest BCUT2D eigenvalue weighted by Crippen LogP contribution is -2.11. The molecule has 0 saturated carbocycles. The van der Waals surface area contributed by atoms with Crippen molar-refractivity contribution in [2.75, 3.05) is 19.5 Å². The lowest BCUT2D eigenvalue weighted by molar-refractivity contribution is 0.0596. The van der Waals surface area contributed by atoms with Gasteiger partial charge in [-0.05, 0) is 29.8 Å². The van der Waals surface area contributed by atoms with Crippen molar-refractivity contribution in [1.29, 1.82) is 0 Å². The van der Waals surface area contributed by atoms with E-state index in [1.54, 1.807) is 13.2 Å². The quantitative estimate of drug-likeness (QED) is 0.811. The molecule has 116 valence electrons. The molecule has 22 heavy (non-hydrogen) atoms.